The van der Waals surface area contributed by atoms with E-state index in [0.29, 0.717) is 12.1 Å². The van der Waals surface area contributed by atoms with Crippen molar-refractivity contribution in [2.75, 3.05) is 19.0 Å². The van der Waals surface area contributed by atoms with Crippen molar-refractivity contribution in [1.82, 2.24) is 10.3 Å². The average Bonchev–Trinajstić information content (AvgIpc) is 2.39. The highest BCUT2D eigenvalue weighted by Crippen LogP contribution is 2.30. The lowest BCUT2D eigenvalue weighted by molar-refractivity contribution is 0.351. The van der Waals surface area contributed by atoms with Crippen LogP contribution in [0.1, 0.15) is 25.7 Å². The summed E-state index contributed by atoms with van der Waals surface area (Å²) in [6.45, 7) is 0. The minimum Gasteiger partial charge on any atom is -0.370 e. The van der Waals surface area contributed by atoms with Gasteiger partial charge in [0.05, 0.1) is 10.7 Å². The standard InChI is InChI=1S/C13H20ClN3/c1-15-10-3-5-11(6-4-10)17(2)13-7-8-16-9-12(13)14/h7-11,15H,3-6H2,1-2H3. The Hall–Kier alpha value is -0.800. The van der Waals surface area contributed by atoms with Gasteiger partial charge < -0.3 is 10.2 Å². The third kappa shape index (κ3) is 2.90. The van der Waals surface area contributed by atoms with Gasteiger partial charge in [-0.25, -0.2) is 0 Å². The van der Waals surface area contributed by atoms with Crippen molar-refractivity contribution in [3.8, 4) is 0 Å². The maximum absolute atomic E-state index is 6.18. The van der Waals surface area contributed by atoms with E-state index in [1.54, 1.807) is 12.4 Å². The molecule has 17 heavy (non-hydrogen) atoms. The Morgan fingerprint density at radius 2 is 2.06 bits per heavy atom. The van der Waals surface area contributed by atoms with E-state index in [9.17, 15) is 0 Å². The number of rotatable bonds is 3. The summed E-state index contributed by atoms with van der Waals surface area (Å²) < 4.78 is 0. The van der Waals surface area contributed by atoms with E-state index < -0.39 is 0 Å². The molecule has 1 saturated carbocycles. The second-order valence-electron chi connectivity index (χ2n) is 4.73. The number of nitrogens with zero attached hydrogens (tertiary/aromatic N) is 2. The fourth-order valence-corrected chi connectivity index (χ4v) is 2.86. The first kappa shape index (κ1) is 12.7. The van der Waals surface area contributed by atoms with Crippen LogP contribution in [-0.4, -0.2) is 31.2 Å². The maximum atomic E-state index is 6.18. The third-order valence-electron chi connectivity index (χ3n) is 3.78. The zero-order valence-corrected chi connectivity index (χ0v) is 11.2. The summed E-state index contributed by atoms with van der Waals surface area (Å²) in [6, 6.07) is 3.28. The van der Waals surface area contributed by atoms with Crippen LogP contribution in [0.3, 0.4) is 0 Å². The molecule has 0 radical (unpaired) electrons. The van der Waals surface area contributed by atoms with Gasteiger partial charge in [0.1, 0.15) is 0 Å². The maximum Gasteiger partial charge on any atom is 0.0822 e. The quantitative estimate of drug-likeness (QED) is 0.898. The smallest absolute Gasteiger partial charge is 0.0822 e. The highest BCUT2D eigenvalue weighted by atomic mass is 35.5. The van der Waals surface area contributed by atoms with E-state index >= 15 is 0 Å². The van der Waals surface area contributed by atoms with Crippen LogP contribution in [0.2, 0.25) is 5.02 Å². The molecule has 3 nitrogen and oxygen atoms in total. The van der Waals surface area contributed by atoms with Gasteiger partial charge in [0.2, 0.25) is 0 Å². The molecule has 1 aliphatic rings. The first-order valence-electron chi connectivity index (χ1n) is 6.22. The van der Waals surface area contributed by atoms with Crippen LogP contribution in [0.15, 0.2) is 18.5 Å². The van der Waals surface area contributed by atoms with Crippen molar-refractivity contribution in [2.45, 2.75) is 37.8 Å². The van der Waals surface area contributed by atoms with Gasteiger partial charge in [0.25, 0.3) is 0 Å². The molecule has 1 heterocycles. The fraction of sp³-hybridized carbons (Fsp3) is 0.615. The molecule has 94 valence electrons. The highest BCUT2D eigenvalue weighted by Gasteiger charge is 2.24. The second kappa shape index (κ2) is 5.69. The molecule has 0 atom stereocenters. The number of anilines is 1. The Bertz CT molecular complexity index is 361. The van der Waals surface area contributed by atoms with Crippen LogP contribution in [0.5, 0.6) is 0 Å². The summed E-state index contributed by atoms with van der Waals surface area (Å²) in [4.78, 5) is 6.33. The summed E-state index contributed by atoms with van der Waals surface area (Å²) in [6.07, 6.45) is 8.45. The van der Waals surface area contributed by atoms with Crippen molar-refractivity contribution in [2.24, 2.45) is 0 Å². The van der Waals surface area contributed by atoms with Gasteiger partial charge in [-0.3, -0.25) is 4.98 Å². The van der Waals surface area contributed by atoms with Gasteiger partial charge >= 0.3 is 0 Å². The molecule has 1 aliphatic carbocycles. The first-order chi connectivity index (χ1) is 8.22. The predicted molar refractivity (Wildman–Crippen MR) is 72.8 cm³/mol. The van der Waals surface area contributed by atoms with Gasteiger partial charge in [-0.1, -0.05) is 11.6 Å². The normalized spacial score (nSPS) is 24.6. The molecule has 0 amide bonds. The first-order valence-corrected chi connectivity index (χ1v) is 6.59. The Morgan fingerprint density at radius 3 is 2.65 bits per heavy atom. The average molecular weight is 254 g/mol. The molecular weight excluding hydrogens is 234 g/mol. The zero-order valence-electron chi connectivity index (χ0n) is 10.5. The van der Waals surface area contributed by atoms with Crippen molar-refractivity contribution in [3.05, 3.63) is 23.5 Å². The predicted octanol–water partition coefficient (Wildman–Crippen LogP) is 2.70. The van der Waals surface area contributed by atoms with E-state index in [0.717, 1.165) is 10.7 Å². The topological polar surface area (TPSA) is 28.2 Å². The summed E-state index contributed by atoms with van der Waals surface area (Å²) in [5, 5.41) is 4.10. The molecule has 0 saturated heterocycles. The molecule has 4 heteroatoms. The number of hydrogen-bond acceptors (Lipinski definition) is 3. The molecule has 1 aromatic heterocycles. The van der Waals surface area contributed by atoms with Gasteiger partial charge in [0.15, 0.2) is 0 Å². The van der Waals surface area contributed by atoms with Crippen LogP contribution in [0.4, 0.5) is 5.69 Å². The van der Waals surface area contributed by atoms with Crippen molar-refractivity contribution >= 4 is 17.3 Å². The van der Waals surface area contributed by atoms with Gasteiger partial charge in [-0.15, -0.1) is 0 Å². The van der Waals surface area contributed by atoms with Gasteiger partial charge in [0, 0.05) is 31.5 Å². The van der Waals surface area contributed by atoms with Crippen LogP contribution in [0, 0.1) is 0 Å². The van der Waals surface area contributed by atoms with Gasteiger partial charge in [-0.2, -0.15) is 0 Å². The summed E-state index contributed by atoms with van der Waals surface area (Å²) in [7, 11) is 4.18. The molecule has 1 N–H and O–H groups in total. The monoisotopic (exact) mass is 253 g/mol. The minimum absolute atomic E-state index is 0.597. The molecule has 0 aromatic carbocycles. The van der Waals surface area contributed by atoms with E-state index in [1.165, 1.54) is 25.7 Å². The summed E-state index contributed by atoms with van der Waals surface area (Å²) >= 11 is 6.18. The number of halogens is 1. The fourth-order valence-electron chi connectivity index (χ4n) is 2.60. The zero-order chi connectivity index (χ0) is 12.3. The second-order valence-corrected chi connectivity index (χ2v) is 5.14. The lowest BCUT2D eigenvalue weighted by Crippen LogP contribution is -2.39. The summed E-state index contributed by atoms with van der Waals surface area (Å²) in [5.74, 6) is 0. The van der Waals surface area contributed by atoms with Gasteiger partial charge in [-0.05, 0) is 38.8 Å². The SMILES string of the molecule is CNC1CCC(N(C)c2ccncc2Cl)CC1. The Balaban J connectivity index is 2.02. The Labute approximate surface area is 108 Å². The van der Waals surface area contributed by atoms with Crippen LogP contribution < -0.4 is 10.2 Å². The molecule has 1 aromatic rings. The van der Waals surface area contributed by atoms with Crippen LogP contribution in [-0.2, 0) is 0 Å². The molecule has 2 rings (SSSR count). The minimum atomic E-state index is 0.597. The number of hydrogen-bond donors (Lipinski definition) is 1. The summed E-state index contributed by atoms with van der Waals surface area (Å²) in [5.41, 5.74) is 1.09. The lowest BCUT2D eigenvalue weighted by Gasteiger charge is -2.36. The largest absolute Gasteiger partial charge is 0.370 e. The van der Waals surface area contributed by atoms with Crippen LogP contribution in [0.25, 0.3) is 0 Å². The molecule has 0 spiro atoms. The van der Waals surface area contributed by atoms with E-state index in [2.05, 4.69) is 29.3 Å². The van der Waals surface area contributed by atoms with Crippen molar-refractivity contribution in [1.29, 1.82) is 0 Å². The number of nitrogens with one attached hydrogen (secondary N) is 1. The lowest BCUT2D eigenvalue weighted by atomic mass is 9.90. The molecule has 0 bridgehead atoms. The van der Waals surface area contributed by atoms with Crippen LogP contribution >= 0.6 is 11.6 Å². The Morgan fingerprint density at radius 1 is 1.35 bits per heavy atom. The van der Waals surface area contributed by atoms with Crippen molar-refractivity contribution in [3.63, 3.8) is 0 Å². The Kier molecular flexibility index (Phi) is 4.24. The third-order valence-corrected chi connectivity index (χ3v) is 4.07. The van der Waals surface area contributed by atoms with E-state index in [-0.39, 0.29) is 0 Å². The molecule has 0 unspecified atom stereocenters. The number of aromatic nitrogens is 1. The highest BCUT2D eigenvalue weighted by molar-refractivity contribution is 6.33. The van der Waals surface area contributed by atoms with E-state index in [1.807, 2.05) is 6.07 Å². The van der Waals surface area contributed by atoms with Crippen molar-refractivity contribution < 1.29 is 0 Å². The molecule has 1 fully saturated rings. The molecule has 0 aliphatic heterocycles. The molecular formula is C13H20ClN3. The van der Waals surface area contributed by atoms with E-state index in [4.69, 9.17) is 11.6 Å². The number of pyridine rings is 1.